The minimum Gasteiger partial charge on any atom is -0.494 e. The van der Waals surface area contributed by atoms with Gasteiger partial charge in [-0.2, -0.15) is 0 Å². The van der Waals surface area contributed by atoms with Gasteiger partial charge in [-0.15, -0.1) is 0 Å². The Labute approximate surface area is 83.9 Å². The van der Waals surface area contributed by atoms with Gasteiger partial charge in [-0.25, -0.2) is 0 Å². The number of hydrogen-bond donors (Lipinski definition) is 0. The van der Waals surface area contributed by atoms with Gasteiger partial charge >= 0.3 is 0 Å². The molecule has 0 amide bonds. The molecule has 0 N–H and O–H groups in total. The first kappa shape index (κ1) is 9.25. The van der Waals surface area contributed by atoms with Crippen molar-refractivity contribution in [2.45, 2.75) is 19.3 Å². The van der Waals surface area contributed by atoms with E-state index < -0.39 is 0 Å². The maximum absolute atomic E-state index is 10.5. The van der Waals surface area contributed by atoms with Crippen molar-refractivity contribution >= 4 is 6.29 Å². The molecular weight excluding hydrogens is 176 g/mol. The van der Waals surface area contributed by atoms with E-state index in [0.717, 1.165) is 18.5 Å². The summed E-state index contributed by atoms with van der Waals surface area (Å²) in [6.07, 6.45) is 2.07. The third-order valence-electron chi connectivity index (χ3n) is 2.63. The Morgan fingerprint density at radius 3 is 2.64 bits per heavy atom. The molecule has 2 nitrogen and oxygen atoms in total. The summed E-state index contributed by atoms with van der Waals surface area (Å²) in [5, 5.41) is 0. The molecule has 1 aliphatic rings. The van der Waals surface area contributed by atoms with Crippen LogP contribution in [0.2, 0.25) is 0 Å². The van der Waals surface area contributed by atoms with Crippen molar-refractivity contribution in [3.8, 4) is 5.75 Å². The Hall–Kier alpha value is -1.31. The number of aldehydes is 1. The lowest BCUT2D eigenvalue weighted by molar-refractivity contribution is -0.108. The lowest BCUT2D eigenvalue weighted by atomic mass is 10.1. The van der Waals surface area contributed by atoms with Crippen LogP contribution >= 0.6 is 0 Å². The molecule has 1 fully saturated rings. The van der Waals surface area contributed by atoms with Gasteiger partial charge in [-0.3, -0.25) is 0 Å². The standard InChI is InChI=1S/C12H14O2/c1-2-14-11-5-3-9(4-6-11)12-7-10(12)8-13/h3-6,8,10,12H,2,7H2,1H3. The van der Waals surface area contributed by atoms with E-state index in [1.165, 1.54) is 5.56 Å². The maximum atomic E-state index is 10.5. The van der Waals surface area contributed by atoms with Crippen LogP contribution in [0.3, 0.4) is 0 Å². The predicted molar refractivity (Wildman–Crippen MR) is 54.5 cm³/mol. The highest BCUT2D eigenvalue weighted by atomic mass is 16.5. The zero-order valence-electron chi connectivity index (χ0n) is 8.27. The molecule has 1 aliphatic carbocycles. The van der Waals surface area contributed by atoms with Crippen LogP contribution < -0.4 is 4.74 Å². The Balaban J connectivity index is 2.04. The number of carbonyl (C=O) groups is 1. The molecule has 0 saturated heterocycles. The quantitative estimate of drug-likeness (QED) is 0.681. The summed E-state index contributed by atoms with van der Waals surface area (Å²) in [6.45, 7) is 2.66. The van der Waals surface area contributed by atoms with Crippen molar-refractivity contribution < 1.29 is 9.53 Å². The highest BCUT2D eigenvalue weighted by molar-refractivity contribution is 5.61. The first-order valence-corrected chi connectivity index (χ1v) is 5.03. The Bertz CT molecular complexity index is 316. The first-order valence-electron chi connectivity index (χ1n) is 5.03. The third kappa shape index (κ3) is 1.79. The lowest BCUT2D eigenvalue weighted by Crippen LogP contribution is -1.91. The SMILES string of the molecule is CCOc1ccc(C2CC2C=O)cc1. The van der Waals surface area contributed by atoms with Crippen LogP contribution in [0, 0.1) is 5.92 Å². The maximum Gasteiger partial charge on any atom is 0.123 e. The van der Waals surface area contributed by atoms with E-state index in [-0.39, 0.29) is 5.92 Å². The normalized spacial score (nSPS) is 24.4. The molecule has 2 atom stereocenters. The highest BCUT2D eigenvalue weighted by Crippen LogP contribution is 2.46. The van der Waals surface area contributed by atoms with Crippen LogP contribution in [0.25, 0.3) is 0 Å². The largest absolute Gasteiger partial charge is 0.494 e. The molecule has 2 rings (SSSR count). The average molecular weight is 190 g/mol. The van der Waals surface area contributed by atoms with Gasteiger partial charge in [-0.05, 0) is 37.0 Å². The molecule has 2 heteroatoms. The Kier molecular flexibility index (Phi) is 2.53. The van der Waals surface area contributed by atoms with Gasteiger partial charge in [0.05, 0.1) is 6.61 Å². The summed E-state index contributed by atoms with van der Waals surface area (Å²) in [5.74, 6) is 1.62. The van der Waals surface area contributed by atoms with Gasteiger partial charge in [0.25, 0.3) is 0 Å². The molecular formula is C12H14O2. The van der Waals surface area contributed by atoms with Crippen molar-refractivity contribution in [1.29, 1.82) is 0 Å². The van der Waals surface area contributed by atoms with Crippen molar-refractivity contribution in [2.75, 3.05) is 6.61 Å². The smallest absolute Gasteiger partial charge is 0.123 e. The first-order chi connectivity index (χ1) is 6.85. The van der Waals surface area contributed by atoms with Crippen LogP contribution in [0.15, 0.2) is 24.3 Å². The summed E-state index contributed by atoms with van der Waals surface area (Å²) in [7, 11) is 0. The molecule has 1 aromatic carbocycles. The average Bonchev–Trinajstić information content (AvgIpc) is 2.99. The van der Waals surface area contributed by atoms with Crippen molar-refractivity contribution in [1.82, 2.24) is 0 Å². The summed E-state index contributed by atoms with van der Waals surface area (Å²) in [4.78, 5) is 10.5. The molecule has 0 bridgehead atoms. The molecule has 0 radical (unpaired) electrons. The summed E-state index contributed by atoms with van der Waals surface area (Å²) in [5.41, 5.74) is 1.26. The van der Waals surface area contributed by atoms with Crippen LogP contribution in [-0.2, 0) is 4.79 Å². The van der Waals surface area contributed by atoms with E-state index in [2.05, 4.69) is 12.1 Å². The molecule has 0 spiro atoms. The minimum atomic E-state index is 0.257. The fourth-order valence-corrected chi connectivity index (χ4v) is 1.73. The molecule has 14 heavy (non-hydrogen) atoms. The van der Waals surface area contributed by atoms with Gasteiger partial charge in [-0.1, -0.05) is 12.1 Å². The monoisotopic (exact) mass is 190 g/mol. The highest BCUT2D eigenvalue weighted by Gasteiger charge is 2.37. The zero-order chi connectivity index (χ0) is 9.97. The summed E-state index contributed by atoms with van der Waals surface area (Å²) >= 11 is 0. The second-order valence-corrected chi connectivity index (χ2v) is 3.64. The van der Waals surface area contributed by atoms with E-state index in [4.69, 9.17) is 4.74 Å². The summed E-state index contributed by atoms with van der Waals surface area (Å²) < 4.78 is 5.34. The van der Waals surface area contributed by atoms with E-state index in [1.54, 1.807) is 0 Å². The van der Waals surface area contributed by atoms with Gasteiger partial charge in [0, 0.05) is 5.92 Å². The molecule has 74 valence electrons. The second-order valence-electron chi connectivity index (χ2n) is 3.64. The van der Waals surface area contributed by atoms with E-state index >= 15 is 0 Å². The van der Waals surface area contributed by atoms with E-state index in [9.17, 15) is 4.79 Å². The molecule has 1 saturated carbocycles. The van der Waals surface area contributed by atoms with E-state index in [1.807, 2.05) is 19.1 Å². The Morgan fingerprint density at radius 2 is 2.14 bits per heavy atom. The topological polar surface area (TPSA) is 26.3 Å². The zero-order valence-corrected chi connectivity index (χ0v) is 8.27. The minimum absolute atomic E-state index is 0.257. The van der Waals surface area contributed by atoms with Gasteiger partial charge in [0.2, 0.25) is 0 Å². The van der Waals surface area contributed by atoms with Crippen LogP contribution in [0.4, 0.5) is 0 Å². The third-order valence-corrected chi connectivity index (χ3v) is 2.63. The van der Waals surface area contributed by atoms with Crippen molar-refractivity contribution in [3.05, 3.63) is 29.8 Å². The van der Waals surface area contributed by atoms with Crippen LogP contribution in [-0.4, -0.2) is 12.9 Å². The molecule has 0 heterocycles. The van der Waals surface area contributed by atoms with Crippen LogP contribution in [0.1, 0.15) is 24.8 Å². The van der Waals surface area contributed by atoms with Gasteiger partial charge < -0.3 is 9.53 Å². The van der Waals surface area contributed by atoms with Crippen molar-refractivity contribution in [2.24, 2.45) is 5.92 Å². The van der Waals surface area contributed by atoms with E-state index in [0.29, 0.717) is 12.5 Å². The van der Waals surface area contributed by atoms with Gasteiger partial charge in [0.15, 0.2) is 0 Å². The Morgan fingerprint density at radius 1 is 1.43 bits per heavy atom. The number of hydrogen-bond acceptors (Lipinski definition) is 2. The summed E-state index contributed by atoms with van der Waals surface area (Å²) in [6, 6.07) is 8.05. The molecule has 1 aromatic rings. The predicted octanol–water partition coefficient (Wildman–Crippen LogP) is 2.39. The number of carbonyl (C=O) groups excluding carboxylic acids is 1. The fourth-order valence-electron chi connectivity index (χ4n) is 1.73. The number of rotatable bonds is 4. The number of benzene rings is 1. The number of ether oxygens (including phenoxy) is 1. The van der Waals surface area contributed by atoms with Crippen molar-refractivity contribution in [3.63, 3.8) is 0 Å². The lowest BCUT2D eigenvalue weighted by Gasteiger charge is -2.03. The van der Waals surface area contributed by atoms with Gasteiger partial charge in [0.1, 0.15) is 12.0 Å². The molecule has 0 aliphatic heterocycles. The molecule has 0 aromatic heterocycles. The fraction of sp³-hybridized carbons (Fsp3) is 0.417. The second kappa shape index (κ2) is 3.82. The molecule has 2 unspecified atom stereocenters. The van der Waals surface area contributed by atoms with Crippen LogP contribution in [0.5, 0.6) is 5.75 Å².